The fraction of sp³-hybridized carbons (Fsp3) is 0.429. The van der Waals surface area contributed by atoms with Crippen LogP contribution in [0.4, 0.5) is 0 Å². The van der Waals surface area contributed by atoms with Crippen LogP contribution < -0.4 is 10.6 Å². The molecule has 2 amide bonds. The topological polar surface area (TPSA) is 58.2 Å². The van der Waals surface area contributed by atoms with E-state index in [1.165, 1.54) is 5.56 Å². The predicted molar refractivity (Wildman–Crippen MR) is 77.2 cm³/mol. The Kier molecular flexibility index (Phi) is 4.85. The highest BCUT2D eigenvalue weighted by atomic mass is 32.2. The third kappa shape index (κ3) is 3.99. The summed E-state index contributed by atoms with van der Waals surface area (Å²) in [7, 11) is 0. The summed E-state index contributed by atoms with van der Waals surface area (Å²) in [6.07, 6.45) is 3.25. The first-order valence-corrected chi connectivity index (χ1v) is 7.74. The molecule has 5 heteroatoms. The molecule has 1 aromatic rings. The van der Waals surface area contributed by atoms with Gasteiger partial charge in [-0.05, 0) is 30.4 Å². The van der Waals surface area contributed by atoms with Gasteiger partial charge in [-0.25, -0.2) is 0 Å². The van der Waals surface area contributed by atoms with Gasteiger partial charge in [-0.15, -0.1) is 0 Å². The molecule has 102 valence electrons. The lowest BCUT2D eigenvalue weighted by atomic mass is 10.1. The van der Waals surface area contributed by atoms with E-state index < -0.39 is 0 Å². The van der Waals surface area contributed by atoms with Gasteiger partial charge < -0.3 is 10.6 Å². The lowest BCUT2D eigenvalue weighted by Gasteiger charge is -2.23. The van der Waals surface area contributed by atoms with Crippen molar-refractivity contribution in [1.29, 1.82) is 0 Å². The van der Waals surface area contributed by atoms with Gasteiger partial charge in [0.1, 0.15) is 0 Å². The number of benzene rings is 1. The van der Waals surface area contributed by atoms with Crippen molar-refractivity contribution in [2.75, 3.05) is 12.8 Å². The molecule has 2 rings (SSSR count). The van der Waals surface area contributed by atoms with Gasteiger partial charge in [0.05, 0.1) is 0 Å². The minimum atomic E-state index is -0.0724. The largest absolute Gasteiger partial charge is 0.354 e. The Morgan fingerprint density at radius 1 is 1.42 bits per heavy atom. The number of nitrogens with one attached hydrogen (secondary N) is 2. The van der Waals surface area contributed by atoms with Crippen LogP contribution in [0.25, 0.3) is 0 Å². The summed E-state index contributed by atoms with van der Waals surface area (Å²) in [5.41, 5.74) is 1.88. The number of thioether (sulfide) groups is 1. The van der Waals surface area contributed by atoms with E-state index in [2.05, 4.69) is 16.9 Å². The normalized spacial score (nSPS) is 18.8. The molecule has 19 heavy (non-hydrogen) atoms. The molecule has 1 aromatic carbocycles. The van der Waals surface area contributed by atoms with E-state index in [-0.39, 0.29) is 17.9 Å². The van der Waals surface area contributed by atoms with Gasteiger partial charge >= 0.3 is 0 Å². The summed E-state index contributed by atoms with van der Waals surface area (Å²) in [5.74, 6) is 0.945. The molecular weight excluding hydrogens is 260 g/mol. The van der Waals surface area contributed by atoms with Crippen LogP contribution in [-0.2, 0) is 10.5 Å². The quantitative estimate of drug-likeness (QED) is 0.878. The van der Waals surface area contributed by atoms with Crippen LogP contribution >= 0.6 is 11.8 Å². The van der Waals surface area contributed by atoms with Gasteiger partial charge in [0.2, 0.25) is 5.91 Å². The molecule has 4 nitrogen and oxygen atoms in total. The van der Waals surface area contributed by atoms with Gasteiger partial charge in [0.25, 0.3) is 5.91 Å². The SMILES string of the molecule is CSCc1ccc(C(=O)NC2CCC(=O)NC2)cc1. The molecule has 1 atom stereocenters. The van der Waals surface area contributed by atoms with E-state index in [0.717, 1.165) is 5.75 Å². The predicted octanol–water partition coefficient (Wildman–Crippen LogP) is 1.56. The number of carbonyl (C=O) groups is 2. The maximum absolute atomic E-state index is 12.0. The Morgan fingerprint density at radius 2 is 2.16 bits per heavy atom. The Labute approximate surface area is 117 Å². The van der Waals surface area contributed by atoms with Crippen molar-refractivity contribution in [1.82, 2.24) is 10.6 Å². The average Bonchev–Trinajstić information content (AvgIpc) is 2.42. The molecule has 1 saturated heterocycles. The van der Waals surface area contributed by atoms with Crippen molar-refractivity contribution >= 4 is 23.6 Å². The Hall–Kier alpha value is -1.49. The van der Waals surface area contributed by atoms with E-state index in [1.807, 2.05) is 24.3 Å². The number of piperidine rings is 1. The van der Waals surface area contributed by atoms with Crippen LogP contribution in [0.5, 0.6) is 0 Å². The van der Waals surface area contributed by atoms with Crippen LogP contribution in [0.15, 0.2) is 24.3 Å². The van der Waals surface area contributed by atoms with Crippen molar-refractivity contribution in [2.24, 2.45) is 0 Å². The van der Waals surface area contributed by atoms with E-state index >= 15 is 0 Å². The zero-order valence-corrected chi connectivity index (χ0v) is 11.8. The first-order valence-electron chi connectivity index (χ1n) is 6.34. The summed E-state index contributed by atoms with van der Waals surface area (Å²) >= 11 is 1.76. The van der Waals surface area contributed by atoms with E-state index in [0.29, 0.717) is 24.9 Å². The highest BCUT2D eigenvalue weighted by molar-refractivity contribution is 7.97. The van der Waals surface area contributed by atoms with E-state index in [9.17, 15) is 9.59 Å². The van der Waals surface area contributed by atoms with Crippen LogP contribution in [0.3, 0.4) is 0 Å². The summed E-state index contributed by atoms with van der Waals surface area (Å²) in [5, 5.41) is 5.71. The molecule has 0 aromatic heterocycles. The first kappa shape index (κ1) is 13.9. The zero-order chi connectivity index (χ0) is 13.7. The molecule has 1 fully saturated rings. The van der Waals surface area contributed by atoms with Gasteiger partial charge in [-0.3, -0.25) is 9.59 Å². The Bertz CT molecular complexity index is 449. The van der Waals surface area contributed by atoms with Crippen LogP contribution in [-0.4, -0.2) is 30.7 Å². The average molecular weight is 278 g/mol. The highest BCUT2D eigenvalue weighted by Crippen LogP contribution is 2.11. The summed E-state index contributed by atoms with van der Waals surface area (Å²) in [6, 6.07) is 7.70. The van der Waals surface area contributed by atoms with Gasteiger partial charge in [0.15, 0.2) is 0 Å². The van der Waals surface area contributed by atoms with Crippen LogP contribution in [0.2, 0.25) is 0 Å². The fourth-order valence-electron chi connectivity index (χ4n) is 2.04. The summed E-state index contributed by atoms with van der Waals surface area (Å²) < 4.78 is 0. The maximum Gasteiger partial charge on any atom is 0.251 e. The Balaban J connectivity index is 1.90. The molecular formula is C14H18N2O2S. The molecule has 0 saturated carbocycles. The molecule has 1 unspecified atom stereocenters. The molecule has 0 aliphatic carbocycles. The lowest BCUT2D eigenvalue weighted by Crippen LogP contribution is -2.47. The second-order valence-corrected chi connectivity index (χ2v) is 5.51. The number of amides is 2. The number of hydrogen-bond acceptors (Lipinski definition) is 3. The maximum atomic E-state index is 12.0. The second-order valence-electron chi connectivity index (χ2n) is 4.64. The molecule has 1 heterocycles. The molecule has 0 radical (unpaired) electrons. The third-order valence-electron chi connectivity index (χ3n) is 3.13. The van der Waals surface area contributed by atoms with Crippen molar-refractivity contribution in [2.45, 2.75) is 24.6 Å². The van der Waals surface area contributed by atoms with E-state index in [4.69, 9.17) is 0 Å². The smallest absolute Gasteiger partial charge is 0.251 e. The van der Waals surface area contributed by atoms with E-state index in [1.54, 1.807) is 11.8 Å². The first-order chi connectivity index (χ1) is 9.19. The molecule has 0 spiro atoms. The van der Waals surface area contributed by atoms with Gasteiger partial charge in [-0.1, -0.05) is 12.1 Å². The molecule has 0 bridgehead atoms. The number of rotatable bonds is 4. The van der Waals surface area contributed by atoms with Crippen molar-refractivity contribution < 1.29 is 9.59 Å². The van der Waals surface area contributed by atoms with Gasteiger partial charge in [0, 0.05) is 30.3 Å². The number of hydrogen-bond donors (Lipinski definition) is 2. The molecule has 2 N–H and O–H groups in total. The van der Waals surface area contributed by atoms with Crippen LogP contribution in [0, 0.1) is 0 Å². The zero-order valence-electron chi connectivity index (χ0n) is 10.9. The molecule has 1 aliphatic rings. The monoisotopic (exact) mass is 278 g/mol. The minimum absolute atomic E-state index is 0.0380. The van der Waals surface area contributed by atoms with Crippen molar-refractivity contribution in [3.8, 4) is 0 Å². The lowest BCUT2D eigenvalue weighted by molar-refractivity contribution is -0.122. The van der Waals surface area contributed by atoms with Crippen molar-refractivity contribution in [3.63, 3.8) is 0 Å². The second kappa shape index (κ2) is 6.61. The van der Waals surface area contributed by atoms with Crippen molar-refractivity contribution in [3.05, 3.63) is 35.4 Å². The van der Waals surface area contributed by atoms with Crippen LogP contribution in [0.1, 0.15) is 28.8 Å². The summed E-state index contributed by atoms with van der Waals surface area (Å²) in [4.78, 5) is 23.1. The third-order valence-corrected chi connectivity index (χ3v) is 3.75. The standard InChI is InChI=1S/C14H18N2O2S/c1-19-9-10-2-4-11(5-3-10)14(18)16-12-6-7-13(17)15-8-12/h2-5,12H,6-9H2,1H3,(H,15,17)(H,16,18). The Morgan fingerprint density at radius 3 is 2.74 bits per heavy atom. The fourth-order valence-corrected chi connectivity index (χ4v) is 2.57. The van der Waals surface area contributed by atoms with Gasteiger partial charge in [-0.2, -0.15) is 11.8 Å². The minimum Gasteiger partial charge on any atom is -0.354 e. The molecule has 1 aliphatic heterocycles. The highest BCUT2D eigenvalue weighted by Gasteiger charge is 2.19. The summed E-state index contributed by atoms with van der Waals surface area (Å²) in [6.45, 7) is 0.523. The number of carbonyl (C=O) groups excluding carboxylic acids is 2.